The van der Waals surface area contributed by atoms with Crippen LogP contribution in [0.1, 0.15) is 5.56 Å². The van der Waals surface area contributed by atoms with Crippen LogP contribution in [0.2, 0.25) is 0 Å². The van der Waals surface area contributed by atoms with Crippen molar-refractivity contribution >= 4 is 5.69 Å². The van der Waals surface area contributed by atoms with Crippen LogP contribution >= 0.6 is 0 Å². The van der Waals surface area contributed by atoms with Crippen molar-refractivity contribution in [1.29, 1.82) is 5.26 Å². The van der Waals surface area contributed by atoms with Gasteiger partial charge in [-0.1, -0.05) is 0 Å². The Hall–Kier alpha value is -1.91. The molecule has 0 aromatic heterocycles. The molecule has 0 radical (unpaired) electrons. The Kier molecular flexibility index (Phi) is 4.29. The molecule has 0 heterocycles. The number of rotatable bonds is 3. The summed E-state index contributed by atoms with van der Waals surface area (Å²) in [6, 6.07) is 4.59. The van der Waals surface area contributed by atoms with Crippen molar-refractivity contribution in [2.45, 2.75) is 12.4 Å². The van der Waals surface area contributed by atoms with Crippen LogP contribution < -0.4 is 5.32 Å². The van der Waals surface area contributed by atoms with Crippen LogP contribution in [-0.2, 0) is 6.18 Å². The highest BCUT2D eigenvalue weighted by Gasteiger charge is 2.39. The van der Waals surface area contributed by atoms with Crippen LogP contribution in [0.3, 0.4) is 0 Å². The third-order valence-electron chi connectivity index (χ3n) is 2.27. The zero-order valence-corrected chi connectivity index (χ0v) is 9.31. The fourth-order valence-electron chi connectivity index (χ4n) is 1.23. The molecule has 0 bridgehead atoms. The van der Waals surface area contributed by atoms with Crippen molar-refractivity contribution in [3.8, 4) is 6.07 Å². The molecule has 1 atom stereocenters. The molecule has 1 unspecified atom stereocenters. The molecule has 0 saturated heterocycles. The number of benzene rings is 1. The van der Waals surface area contributed by atoms with E-state index in [-0.39, 0.29) is 5.69 Å². The number of halogens is 6. The molecule has 1 rings (SSSR count). The molecular formula is C11H8F6N2. The number of hydrogen-bond donors (Lipinski definition) is 1. The first-order valence-electron chi connectivity index (χ1n) is 5.02. The standard InChI is InChI=1S/C11H8F6N2/c12-10(13,14)7-1-3-9(4-2-7)19-6-8(5-18)11(15,16)17/h1-4,8,19H,6H2. The molecule has 0 aliphatic carbocycles. The molecular weight excluding hydrogens is 274 g/mol. The van der Waals surface area contributed by atoms with Crippen molar-refractivity contribution < 1.29 is 26.3 Å². The van der Waals surface area contributed by atoms with Gasteiger partial charge in [0.2, 0.25) is 0 Å². The fourth-order valence-corrected chi connectivity index (χ4v) is 1.23. The van der Waals surface area contributed by atoms with Gasteiger partial charge in [0.25, 0.3) is 0 Å². The maximum absolute atomic E-state index is 12.2. The summed E-state index contributed by atoms with van der Waals surface area (Å²) in [5.74, 6) is -2.21. The predicted molar refractivity (Wildman–Crippen MR) is 55.1 cm³/mol. The zero-order valence-electron chi connectivity index (χ0n) is 9.31. The highest BCUT2D eigenvalue weighted by atomic mass is 19.4. The minimum Gasteiger partial charge on any atom is -0.383 e. The first-order valence-corrected chi connectivity index (χ1v) is 5.02. The van der Waals surface area contributed by atoms with E-state index in [4.69, 9.17) is 5.26 Å². The Labute approximate surface area is 104 Å². The molecule has 1 aromatic carbocycles. The number of nitrogens with zero attached hydrogens (tertiary/aromatic N) is 1. The molecule has 1 aromatic rings. The summed E-state index contributed by atoms with van der Waals surface area (Å²) in [6.07, 6.45) is -9.17. The molecule has 19 heavy (non-hydrogen) atoms. The lowest BCUT2D eigenvalue weighted by molar-refractivity contribution is -0.155. The highest BCUT2D eigenvalue weighted by molar-refractivity contribution is 5.45. The van der Waals surface area contributed by atoms with Gasteiger partial charge in [-0.3, -0.25) is 0 Å². The lowest BCUT2D eigenvalue weighted by Gasteiger charge is -2.15. The summed E-state index contributed by atoms with van der Waals surface area (Å²) in [4.78, 5) is 0. The van der Waals surface area contributed by atoms with E-state index in [0.717, 1.165) is 30.3 Å². The summed E-state index contributed by atoms with van der Waals surface area (Å²) in [5.41, 5.74) is -0.816. The molecule has 0 aliphatic rings. The molecule has 0 amide bonds. The lowest BCUT2D eigenvalue weighted by Crippen LogP contribution is -2.28. The average molecular weight is 282 g/mol. The minimum atomic E-state index is -4.67. The number of alkyl halides is 6. The summed E-state index contributed by atoms with van der Waals surface area (Å²) in [5, 5.41) is 10.6. The zero-order chi connectivity index (χ0) is 14.7. The first kappa shape index (κ1) is 15.1. The molecule has 2 nitrogen and oxygen atoms in total. The van der Waals surface area contributed by atoms with Crippen molar-refractivity contribution in [3.05, 3.63) is 29.8 Å². The van der Waals surface area contributed by atoms with E-state index >= 15 is 0 Å². The van der Waals surface area contributed by atoms with Crippen LogP contribution in [-0.4, -0.2) is 12.7 Å². The SMILES string of the molecule is N#CC(CNc1ccc(C(F)(F)F)cc1)C(F)(F)F. The Morgan fingerprint density at radius 2 is 1.58 bits per heavy atom. The largest absolute Gasteiger partial charge is 0.416 e. The number of hydrogen-bond acceptors (Lipinski definition) is 2. The van der Waals surface area contributed by atoms with Gasteiger partial charge in [0.15, 0.2) is 5.92 Å². The van der Waals surface area contributed by atoms with Gasteiger partial charge in [-0.25, -0.2) is 0 Å². The van der Waals surface area contributed by atoms with Crippen LogP contribution in [0, 0.1) is 17.2 Å². The fraction of sp³-hybridized carbons (Fsp3) is 0.364. The summed E-state index contributed by atoms with van der Waals surface area (Å²) in [7, 11) is 0. The van der Waals surface area contributed by atoms with E-state index in [2.05, 4.69) is 5.32 Å². The quantitative estimate of drug-likeness (QED) is 0.855. The summed E-state index contributed by atoms with van der Waals surface area (Å²) >= 11 is 0. The average Bonchev–Trinajstić information content (AvgIpc) is 2.27. The molecule has 8 heteroatoms. The third kappa shape index (κ3) is 4.35. The summed E-state index contributed by atoms with van der Waals surface area (Å²) in [6.45, 7) is -0.717. The number of anilines is 1. The van der Waals surface area contributed by atoms with Crippen LogP contribution in [0.4, 0.5) is 32.0 Å². The van der Waals surface area contributed by atoms with Gasteiger partial charge >= 0.3 is 12.4 Å². The van der Waals surface area contributed by atoms with Gasteiger partial charge in [0.1, 0.15) is 0 Å². The van der Waals surface area contributed by atoms with Gasteiger partial charge < -0.3 is 5.32 Å². The molecule has 0 spiro atoms. The Bertz CT molecular complexity index is 454. The Morgan fingerprint density at radius 3 is 1.95 bits per heavy atom. The van der Waals surface area contributed by atoms with E-state index in [1.54, 1.807) is 0 Å². The van der Waals surface area contributed by atoms with E-state index in [1.165, 1.54) is 0 Å². The maximum Gasteiger partial charge on any atom is 0.416 e. The first-order chi connectivity index (χ1) is 8.64. The lowest BCUT2D eigenvalue weighted by atomic mass is 10.1. The van der Waals surface area contributed by atoms with Gasteiger partial charge in [-0.15, -0.1) is 0 Å². The highest BCUT2D eigenvalue weighted by Crippen LogP contribution is 2.30. The second-order valence-corrected chi connectivity index (χ2v) is 3.68. The Morgan fingerprint density at radius 1 is 1.05 bits per heavy atom. The van der Waals surface area contributed by atoms with E-state index in [1.807, 2.05) is 0 Å². The molecule has 0 aliphatic heterocycles. The number of nitriles is 1. The van der Waals surface area contributed by atoms with Crippen molar-refractivity contribution in [2.24, 2.45) is 5.92 Å². The molecule has 104 valence electrons. The second-order valence-electron chi connectivity index (χ2n) is 3.68. The molecule has 0 saturated carbocycles. The van der Waals surface area contributed by atoms with E-state index < -0.39 is 30.4 Å². The second kappa shape index (κ2) is 5.38. The van der Waals surface area contributed by atoms with Crippen molar-refractivity contribution in [1.82, 2.24) is 0 Å². The van der Waals surface area contributed by atoms with Gasteiger partial charge in [-0.2, -0.15) is 31.6 Å². The molecule has 0 fully saturated rings. The van der Waals surface area contributed by atoms with Gasteiger partial charge in [0.05, 0.1) is 11.6 Å². The van der Waals surface area contributed by atoms with Crippen LogP contribution in [0.5, 0.6) is 0 Å². The normalized spacial score (nSPS) is 13.7. The smallest absolute Gasteiger partial charge is 0.383 e. The molecule has 1 N–H and O–H groups in total. The van der Waals surface area contributed by atoms with Crippen molar-refractivity contribution in [2.75, 3.05) is 11.9 Å². The van der Waals surface area contributed by atoms with Gasteiger partial charge in [-0.05, 0) is 24.3 Å². The van der Waals surface area contributed by atoms with E-state index in [0.29, 0.717) is 0 Å². The minimum absolute atomic E-state index is 0.0810. The third-order valence-corrected chi connectivity index (χ3v) is 2.27. The van der Waals surface area contributed by atoms with Gasteiger partial charge in [0, 0.05) is 12.2 Å². The predicted octanol–water partition coefficient (Wildman–Crippen LogP) is 3.82. The van der Waals surface area contributed by atoms with Crippen molar-refractivity contribution in [3.63, 3.8) is 0 Å². The topological polar surface area (TPSA) is 35.8 Å². The monoisotopic (exact) mass is 282 g/mol. The maximum atomic E-state index is 12.2. The summed E-state index contributed by atoms with van der Waals surface area (Å²) < 4.78 is 73.4. The van der Waals surface area contributed by atoms with Crippen LogP contribution in [0.15, 0.2) is 24.3 Å². The van der Waals surface area contributed by atoms with Crippen LogP contribution in [0.25, 0.3) is 0 Å². The Balaban J connectivity index is 2.67. The van der Waals surface area contributed by atoms with E-state index in [9.17, 15) is 26.3 Å². The number of nitrogens with one attached hydrogen (secondary N) is 1.